The molecule has 0 amide bonds. The molecule has 0 atom stereocenters. The van der Waals surface area contributed by atoms with Crippen LogP contribution in [0.15, 0.2) is 30.5 Å². The number of rotatable bonds is 1. The van der Waals surface area contributed by atoms with Crippen LogP contribution in [-0.2, 0) is 6.42 Å². The summed E-state index contributed by atoms with van der Waals surface area (Å²) in [6.07, 6.45) is 2.93. The van der Waals surface area contributed by atoms with Crippen molar-refractivity contribution in [3.05, 3.63) is 41.6 Å². The lowest BCUT2D eigenvalue weighted by Crippen LogP contribution is -1.86. The van der Waals surface area contributed by atoms with Crippen LogP contribution >= 0.6 is 0 Å². The van der Waals surface area contributed by atoms with Gasteiger partial charge in [-0.25, -0.2) is 0 Å². The summed E-state index contributed by atoms with van der Waals surface area (Å²) in [5, 5.41) is 1.26. The average Bonchev–Trinajstić information content (AvgIpc) is 2.18. The molecule has 0 spiro atoms. The van der Waals surface area contributed by atoms with Crippen molar-refractivity contribution >= 4 is 10.9 Å². The van der Waals surface area contributed by atoms with Gasteiger partial charge in [0.1, 0.15) is 0 Å². The molecule has 0 unspecified atom stereocenters. The van der Waals surface area contributed by atoms with E-state index in [1.54, 1.807) is 0 Å². The van der Waals surface area contributed by atoms with Crippen LogP contribution in [-0.4, -0.2) is 4.98 Å². The summed E-state index contributed by atoms with van der Waals surface area (Å²) in [4.78, 5) is 4.35. The van der Waals surface area contributed by atoms with Crippen LogP contribution in [0.2, 0.25) is 0 Å². The Hall–Kier alpha value is -1.37. The third-order valence-electron chi connectivity index (χ3n) is 2.40. The van der Waals surface area contributed by atoms with Crippen LogP contribution in [0.3, 0.4) is 0 Å². The highest BCUT2D eigenvalue weighted by Crippen LogP contribution is 2.18. The molecule has 0 radical (unpaired) electrons. The third kappa shape index (κ3) is 1.42. The normalized spacial score (nSPS) is 10.6. The number of hydrogen-bond donors (Lipinski definition) is 0. The highest BCUT2D eigenvalue weighted by Gasteiger charge is 1.99. The molecule has 2 rings (SSSR count). The lowest BCUT2D eigenvalue weighted by molar-refractivity contribution is 1.14. The molecule has 1 heteroatoms. The maximum Gasteiger partial charge on any atom is 0.0707 e. The monoisotopic (exact) mass is 171 g/mol. The fourth-order valence-electron chi connectivity index (χ4n) is 1.64. The molecular formula is C12H13N. The Morgan fingerprint density at radius 3 is 2.92 bits per heavy atom. The topological polar surface area (TPSA) is 12.9 Å². The molecule has 1 nitrogen and oxygen atoms in total. The predicted octanol–water partition coefficient (Wildman–Crippen LogP) is 3.11. The molecule has 0 fully saturated rings. The van der Waals surface area contributed by atoms with Gasteiger partial charge in [-0.2, -0.15) is 0 Å². The van der Waals surface area contributed by atoms with E-state index in [1.165, 1.54) is 16.5 Å². The molecule has 0 N–H and O–H groups in total. The summed E-state index contributed by atoms with van der Waals surface area (Å²) in [6, 6.07) is 8.52. The molecule has 0 bridgehead atoms. The first kappa shape index (κ1) is 8.24. The van der Waals surface area contributed by atoms with E-state index in [4.69, 9.17) is 0 Å². The molecule has 1 aromatic carbocycles. The number of aromatic nitrogens is 1. The van der Waals surface area contributed by atoms with Crippen LogP contribution in [0.4, 0.5) is 0 Å². The highest BCUT2D eigenvalue weighted by molar-refractivity contribution is 5.82. The van der Waals surface area contributed by atoms with Crippen molar-refractivity contribution in [1.29, 1.82) is 0 Å². The fourth-order valence-corrected chi connectivity index (χ4v) is 1.64. The molecular weight excluding hydrogens is 158 g/mol. The molecule has 0 aliphatic carbocycles. The summed E-state index contributed by atoms with van der Waals surface area (Å²) < 4.78 is 0. The van der Waals surface area contributed by atoms with E-state index in [1.807, 2.05) is 12.3 Å². The van der Waals surface area contributed by atoms with Gasteiger partial charge in [0.15, 0.2) is 0 Å². The number of pyridine rings is 1. The Balaban J connectivity index is 2.77. The Morgan fingerprint density at radius 1 is 1.31 bits per heavy atom. The molecule has 0 saturated carbocycles. The van der Waals surface area contributed by atoms with E-state index < -0.39 is 0 Å². The summed E-state index contributed by atoms with van der Waals surface area (Å²) in [7, 11) is 0. The van der Waals surface area contributed by atoms with E-state index in [9.17, 15) is 0 Å². The first-order chi connectivity index (χ1) is 6.31. The van der Waals surface area contributed by atoms with Gasteiger partial charge in [0.2, 0.25) is 0 Å². The molecule has 0 aliphatic rings. The molecule has 0 saturated heterocycles. The molecule has 66 valence electrons. The minimum absolute atomic E-state index is 1.08. The quantitative estimate of drug-likeness (QED) is 0.642. The lowest BCUT2D eigenvalue weighted by atomic mass is 10.0. The van der Waals surface area contributed by atoms with Crippen LogP contribution < -0.4 is 0 Å². The van der Waals surface area contributed by atoms with Gasteiger partial charge in [0, 0.05) is 11.6 Å². The van der Waals surface area contributed by atoms with Gasteiger partial charge in [-0.3, -0.25) is 4.98 Å². The molecule has 13 heavy (non-hydrogen) atoms. The molecule has 0 aliphatic heterocycles. The third-order valence-corrected chi connectivity index (χ3v) is 2.40. The largest absolute Gasteiger partial charge is 0.256 e. The zero-order chi connectivity index (χ0) is 9.26. The van der Waals surface area contributed by atoms with Crippen molar-refractivity contribution in [2.75, 3.05) is 0 Å². The highest BCUT2D eigenvalue weighted by atomic mass is 14.6. The minimum Gasteiger partial charge on any atom is -0.256 e. The van der Waals surface area contributed by atoms with Crippen molar-refractivity contribution in [3.63, 3.8) is 0 Å². The number of benzene rings is 1. The zero-order valence-corrected chi connectivity index (χ0v) is 8.04. The van der Waals surface area contributed by atoms with Crippen molar-refractivity contribution in [2.24, 2.45) is 0 Å². The van der Waals surface area contributed by atoms with Gasteiger partial charge in [-0.15, -0.1) is 0 Å². The van der Waals surface area contributed by atoms with E-state index in [0.29, 0.717) is 0 Å². The van der Waals surface area contributed by atoms with Crippen LogP contribution in [0, 0.1) is 6.92 Å². The number of nitrogens with zero attached hydrogens (tertiary/aromatic N) is 1. The van der Waals surface area contributed by atoms with Gasteiger partial charge in [0.05, 0.1) is 5.52 Å². The Kier molecular flexibility index (Phi) is 2.01. The fraction of sp³-hybridized carbons (Fsp3) is 0.250. The number of aryl methyl sites for hydroxylation is 2. The first-order valence-electron chi connectivity index (χ1n) is 4.65. The predicted molar refractivity (Wildman–Crippen MR) is 55.9 cm³/mol. The zero-order valence-electron chi connectivity index (χ0n) is 8.04. The van der Waals surface area contributed by atoms with Crippen LogP contribution in [0.1, 0.15) is 18.1 Å². The van der Waals surface area contributed by atoms with Gasteiger partial charge >= 0.3 is 0 Å². The van der Waals surface area contributed by atoms with Crippen molar-refractivity contribution in [2.45, 2.75) is 20.3 Å². The first-order valence-corrected chi connectivity index (χ1v) is 4.65. The van der Waals surface area contributed by atoms with Gasteiger partial charge < -0.3 is 0 Å². The smallest absolute Gasteiger partial charge is 0.0707 e. The Bertz CT molecular complexity index is 432. The SMILES string of the molecule is CCc1cc(C)c2cccnc2c1. The minimum atomic E-state index is 1.08. The Labute approximate surface area is 78.4 Å². The van der Waals surface area contributed by atoms with E-state index in [0.717, 1.165) is 11.9 Å². The van der Waals surface area contributed by atoms with Gasteiger partial charge in [-0.1, -0.05) is 19.1 Å². The summed E-state index contributed by atoms with van der Waals surface area (Å²) in [5.41, 5.74) is 3.80. The van der Waals surface area contributed by atoms with Gasteiger partial charge in [-0.05, 0) is 36.6 Å². The molecule has 2 aromatic rings. The van der Waals surface area contributed by atoms with Crippen molar-refractivity contribution < 1.29 is 0 Å². The van der Waals surface area contributed by atoms with E-state index in [2.05, 4.69) is 37.0 Å². The summed E-state index contributed by atoms with van der Waals surface area (Å²) >= 11 is 0. The van der Waals surface area contributed by atoms with Crippen LogP contribution in [0.25, 0.3) is 10.9 Å². The standard InChI is InChI=1S/C12H13N/c1-3-10-7-9(2)11-5-4-6-13-12(11)8-10/h4-8H,3H2,1-2H3. The maximum absolute atomic E-state index is 4.35. The average molecular weight is 171 g/mol. The summed E-state index contributed by atoms with van der Waals surface area (Å²) in [6.45, 7) is 4.31. The molecule has 1 heterocycles. The second-order valence-electron chi connectivity index (χ2n) is 3.34. The lowest BCUT2D eigenvalue weighted by Gasteiger charge is -2.03. The molecule has 1 aromatic heterocycles. The number of fused-ring (bicyclic) bond motifs is 1. The van der Waals surface area contributed by atoms with Crippen molar-refractivity contribution in [3.8, 4) is 0 Å². The second kappa shape index (κ2) is 3.17. The van der Waals surface area contributed by atoms with Crippen molar-refractivity contribution in [1.82, 2.24) is 4.98 Å². The summed E-state index contributed by atoms with van der Waals surface area (Å²) in [5.74, 6) is 0. The van der Waals surface area contributed by atoms with Gasteiger partial charge in [0.25, 0.3) is 0 Å². The maximum atomic E-state index is 4.35. The Morgan fingerprint density at radius 2 is 2.15 bits per heavy atom. The number of hydrogen-bond acceptors (Lipinski definition) is 1. The second-order valence-corrected chi connectivity index (χ2v) is 3.34. The van der Waals surface area contributed by atoms with E-state index >= 15 is 0 Å². The van der Waals surface area contributed by atoms with Crippen LogP contribution in [0.5, 0.6) is 0 Å². The van der Waals surface area contributed by atoms with E-state index in [-0.39, 0.29) is 0 Å².